The molecular formula is C21H24N2O4. The van der Waals surface area contributed by atoms with E-state index in [1.807, 2.05) is 45.0 Å². The van der Waals surface area contributed by atoms with Gasteiger partial charge in [0.15, 0.2) is 11.5 Å². The molecule has 2 amide bonds. The Morgan fingerprint density at radius 1 is 1.00 bits per heavy atom. The molecular weight excluding hydrogens is 344 g/mol. The molecule has 0 spiro atoms. The summed E-state index contributed by atoms with van der Waals surface area (Å²) in [6, 6.07) is 11.0. The van der Waals surface area contributed by atoms with Gasteiger partial charge >= 0.3 is 0 Å². The van der Waals surface area contributed by atoms with Gasteiger partial charge in [-0.15, -0.1) is 0 Å². The van der Waals surface area contributed by atoms with Gasteiger partial charge in [-0.05, 0) is 50.6 Å². The molecule has 0 aliphatic carbocycles. The number of fused-ring (bicyclic) bond motifs is 1. The van der Waals surface area contributed by atoms with Crippen molar-refractivity contribution in [2.75, 3.05) is 19.8 Å². The minimum absolute atomic E-state index is 0.0826. The molecule has 27 heavy (non-hydrogen) atoms. The number of benzene rings is 2. The van der Waals surface area contributed by atoms with Gasteiger partial charge in [-0.1, -0.05) is 23.3 Å². The third-order valence-corrected chi connectivity index (χ3v) is 4.34. The van der Waals surface area contributed by atoms with Crippen LogP contribution in [0.5, 0.6) is 11.5 Å². The van der Waals surface area contributed by atoms with Crippen LogP contribution in [0.3, 0.4) is 0 Å². The maximum atomic E-state index is 12.2. The van der Waals surface area contributed by atoms with Gasteiger partial charge in [-0.25, -0.2) is 0 Å². The van der Waals surface area contributed by atoms with Gasteiger partial charge in [0.1, 0.15) is 13.2 Å². The molecule has 2 aromatic carbocycles. The van der Waals surface area contributed by atoms with E-state index in [0.29, 0.717) is 30.3 Å². The van der Waals surface area contributed by atoms with Gasteiger partial charge in [-0.2, -0.15) is 0 Å². The standard InChI is InChI=1S/C21H24N2O4/c1-13-8-14(2)10-17(9-13)21(25)22-12-20(24)23-15(3)16-4-5-18-19(11-16)27-7-6-26-18/h4-5,8-11,15H,6-7,12H2,1-3H3,(H,22,25)(H,23,24)/t15-/m1/s1. The molecule has 6 nitrogen and oxygen atoms in total. The molecule has 1 atom stereocenters. The lowest BCUT2D eigenvalue weighted by molar-refractivity contribution is -0.120. The Kier molecular flexibility index (Phi) is 5.64. The summed E-state index contributed by atoms with van der Waals surface area (Å²) in [6.07, 6.45) is 0. The van der Waals surface area contributed by atoms with Crippen molar-refractivity contribution < 1.29 is 19.1 Å². The smallest absolute Gasteiger partial charge is 0.251 e. The Balaban J connectivity index is 1.55. The minimum atomic E-state index is -0.260. The first kappa shape index (κ1) is 18.8. The van der Waals surface area contributed by atoms with E-state index in [1.165, 1.54) is 0 Å². The second-order valence-electron chi connectivity index (χ2n) is 6.75. The molecule has 0 fully saturated rings. The fourth-order valence-corrected chi connectivity index (χ4v) is 3.07. The molecule has 1 heterocycles. The summed E-state index contributed by atoms with van der Waals surface area (Å²) in [5, 5.41) is 5.55. The molecule has 0 bridgehead atoms. The third-order valence-electron chi connectivity index (χ3n) is 4.34. The van der Waals surface area contributed by atoms with Gasteiger partial charge in [0.2, 0.25) is 5.91 Å². The highest BCUT2D eigenvalue weighted by atomic mass is 16.6. The zero-order valence-electron chi connectivity index (χ0n) is 15.8. The minimum Gasteiger partial charge on any atom is -0.486 e. The summed E-state index contributed by atoms with van der Waals surface area (Å²) < 4.78 is 11.1. The number of hydrogen-bond donors (Lipinski definition) is 2. The Morgan fingerprint density at radius 2 is 1.67 bits per heavy atom. The van der Waals surface area contributed by atoms with E-state index in [1.54, 1.807) is 12.1 Å². The van der Waals surface area contributed by atoms with Crippen LogP contribution in [0.4, 0.5) is 0 Å². The van der Waals surface area contributed by atoms with Crippen molar-refractivity contribution in [2.24, 2.45) is 0 Å². The highest BCUT2D eigenvalue weighted by Crippen LogP contribution is 2.32. The van der Waals surface area contributed by atoms with E-state index in [9.17, 15) is 9.59 Å². The fraction of sp³-hybridized carbons (Fsp3) is 0.333. The van der Waals surface area contributed by atoms with Crippen molar-refractivity contribution in [2.45, 2.75) is 26.8 Å². The average Bonchev–Trinajstić information content (AvgIpc) is 2.64. The molecule has 142 valence electrons. The number of carbonyl (C=O) groups is 2. The fourth-order valence-electron chi connectivity index (χ4n) is 3.07. The van der Waals surface area contributed by atoms with E-state index in [-0.39, 0.29) is 24.4 Å². The summed E-state index contributed by atoms with van der Waals surface area (Å²) in [6.45, 7) is 6.73. The van der Waals surface area contributed by atoms with Crippen molar-refractivity contribution in [3.8, 4) is 11.5 Å². The van der Waals surface area contributed by atoms with E-state index in [2.05, 4.69) is 10.6 Å². The SMILES string of the molecule is Cc1cc(C)cc(C(=O)NCC(=O)N[C@H](C)c2ccc3c(c2)OCCO3)c1. The predicted octanol–water partition coefficient (Wildman–Crippen LogP) is 2.68. The number of nitrogens with one attached hydrogen (secondary N) is 2. The lowest BCUT2D eigenvalue weighted by Crippen LogP contribution is -2.38. The van der Waals surface area contributed by atoms with Crippen molar-refractivity contribution in [1.82, 2.24) is 10.6 Å². The van der Waals surface area contributed by atoms with Crippen LogP contribution in [0.25, 0.3) is 0 Å². The molecule has 0 aromatic heterocycles. The van der Waals surface area contributed by atoms with Gasteiger partial charge in [-0.3, -0.25) is 9.59 Å². The average molecular weight is 368 g/mol. The van der Waals surface area contributed by atoms with E-state index in [0.717, 1.165) is 16.7 Å². The Hall–Kier alpha value is -3.02. The number of aryl methyl sites for hydroxylation is 2. The molecule has 0 unspecified atom stereocenters. The predicted molar refractivity (Wildman–Crippen MR) is 102 cm³/mol. The second kappa shape index (κ2) is 8.12. The van der Waals surface area contributed by atoms with Crippen LogP contribution in [-0.4, -0.2) is 31.6 Å². The van der Waals surface area contributed by atoms with Gasteiger partial charge in [0, 0.05) is 5.56 Å². The van der Waals surface area contributed by atoms with E-state index in [4.69, 9.17) is 9.47 Å². The van der Waals surface area contributed by atoms with Crippen molar-refractivity contribution in [1.29, 1.82) is 0 Å². The van der Waals surface area contributed by atoms with Crippen LogP contribution < -0.4 is 20.1 Å². The molecule has 1 aliphatic rings. The van der Waals surface area contributed by atoms with Crippen LogP contribution in [-0.2, 0) is 4.79 Å². The lowest BCUT2D eigenvalue weighted by Gasteiger charge is -2.21. The van der Waals surface area contributed by atoms with Crippen LogP contribution in [0.15, 0.2) is 36.4 Å². The van der Waals surface area contributed by atoms with Gasteiger partial charge in [0.05, 0.1) is 12.6 Å². The van der Waals surface area contributed by atoms with E-state index >= 15 is 0 Å². The van der Waals surface area contributed by atoms with Gasteiger partial charge in [0.25, 0.3) is 5.91 Å². The van der Waals surface area contributed by atoms with Crippen LogP contribution >= 0.6 is 0 Å². The number of ether oxygens (including phenoxy) is 2. The van der Waals surface area contributed by atoms with Crippen molar-refractivity contribution in [3.63, 3.8) is 0 Å². The normalized spacial score (nSPS) is 13.6. The monoisotopic (exact) mass is 368 g/mol. The van der Waals surface area contributed by atoms with Crippen LogP contribution in [0.2, 0.25) is 0 Å². The van der Waals surface area contributed by atoms with Crippen LogP contribution in [0.1, 0.15) is 40.0 Å². The van der Waals surface area contributed by atoms with Gasteiger partial charge < -0.3 is 20.1 Å². The Labute approximate surface area is 158 Å². The summed E-state index contributed by atoms with van der Waals surface area (Å²) in [7, 11) is 0. The number of amides is 2. The molecule has 2 N–H and O–H groups in total. The molecule has 0 saturated heterocycles. The second-order valence-corrected chi connectivity index (χ2v) is 6.75. The molecule has 6 heteroatoms. The number of rotatable bonds is 5. The van der Waals surface area contributed by atoms with E-state index < -0.39 is 0 Å². The highest BCUT2D eigenvalue weighted by molar-refractivity contribution is 5.96. The lowest BCUT2D eigenvalue weighted by atomic mass is 10.1. The number of carbonyl (C=O) groups excluding carboxylic acids is 2. The van der Waals surface area contributed by atoms with Crippen LogP contribution in [0, 0.1) is 13.8 Å². The third kappa shape index (κ3) is 4.78. The molecule has 0 saturated carbocycles. The quantitative estimate of drug-likeness (QED) is 0.851. The first-order valence-electron chi connectivity index (χ1n) is 8.98. The maximum Gasteiger partial charge on any atom is 0.251 e. The molecule has 0 radical (unpaired) electrons. The van der Waals surface area contributed by atoms with Crippen molar-refractivity contribution >= 4 is 11.8 Å². The molecule has 2 aromatic rings. The summed E-state index contributed by atoms with van der Waals surface area (Å²) in [5.74, 6) is 0.881. The topological polar surface area (TPSA) is 76.7 Å². The number of hydrogen-bond acceptors (Lipinski definition) is 4. The maximum absolute atomic E-state index is 12.2. The first-order valence-corrected chi connectivity index (χ1v) is 8.98. The Morgan fingerprint density at radius 3 is 2.37 bits per heavy atom. The highest BCUT2D eigenvalue weighted by Gasteiger charge is 2.16. The first-order chi connectivity index (χ1) is 12.9. The summed E-state index contributed by atoms with van der Waals surface area (Å²) in [5.41, 5.74) is 3.49. The summed E-state index contributed by atoms with van der Waals surface area (Å²) >= 11 is 0. The molecule has 3 rings (SSSR count). The zero-order valence-corrected chi connectivity index (χ0v) is 15.8. The largest absolute Gasteiger partial charge is 0.486 e. The van der Waals surface area contributed by atoms with Crippen molar-refractivity contribution in [3.05, 3.63) is 58.7 Å². The molecule has 1 aliphatic heterocycles. The zero-order chi connectivity index (χ0) is 19.4. The summed E-state index contributed by atoms with van der Waals surface area (Å²) in [4.78, 5) is 24.5. The Bertz CT molecular complexity index is 843.